The number of hydrogen-bond donors (Lipinski definition) is 1. The van der Waals surface area contributed by atoms with Crippen LogP contribution in [0.2, 0.25) is 0 Å². The topological polar surface area (TPSA) is 85.0 Å². The van der Waals surface area contributed by atoms with Gasteiger partial charge in [0.15, 0.2) is 0 Å². The summed E-state index contributed by atoms with van der Waals surface area (Å²) in [7, 11) is 0. The average Bonchev–Trinajstić information content (AvgIpc) is 2.78. The van der Waals surface area contributed by atoms with Crippen molar-refractivity contribution in [3.8, 4) is 22.4 Å². The van der Waals surface area contributed by atoms with E-state index in [-0.39, 0.29) is 24.3 Å². The maximum atomic E-state index is 15.0. The predicted octanol–water partition coefficient (Wildman–Crippen LogP) is 4.50. The number of amides is 1. The van der Waals surface area contributed by atoms with Gasteiger partial charge in [0.2, 0.25) is 0 Å². The zero-order chi connectivity index (χ0) is 23.8. The summed E-state index contributed by atoms with van der Waals surface area (Å²) in [5.74, 6) is -5.71. The number of aryl methyl sites for hydroxylation is 1. The van der Waals surface area contributed by atoms with Gasteiger partial charge in [-0.1, -0.05) is 6.92 Å². The lowest BCUT2D eigenvalue weighted by atomic mass is 9.96. The van der Waals surface area contributed by atoms with Crippen LogP contribution in [0, 0.1) is 11.6 Å². The number of pyridine rings is 1. The first-order valence-corrected chi connectivity index (χ1v) is 10.4. The van der Waals surface area contributed by atoms with Crippen LogP contribution in [0.3, 0.4) is 0 Å². The number of carbonyl (C=O) groups is 1. The van der Waals surface area contributed by atoms with Crippen molar-refractivity contribution in [2.75, 3.05) is 18.8 Å². The van der Waals surface area contributed by atoms with Gasteiger partial charge in [0.1, 0.15) is 29.3 Å². The van der Waals surface area contributed by atoms with Crippen molar-refractivity contribution in [3.63, 3.8) is 0 Å². The zero-order valence-corrected chi connectivity index (χ0v) is 17.8. The Labute approximate surface area is 187 Å². The first kappa shape index (κ1) is 22.6. The van der Waals surface area contributed by atoms with Crippen LogP contribution >= 0.6 is 0 Å². The Bertz CT molecular complexity index is 1170. The molecule has 0 spiro atoms. The molecule has 33 heavy (non-hydrogen) atoms. The summed E-state index contributed by atoms with van der Waals surface area (Å²) in [4.78, 5) is 26.3. The lowest BCUT2D eigenvalue weighted by Crippen LogP contribution is -2.43. The molecule has 0 atom stereocenters. The second-order valence-corrected chi connectivity index (χ2v) is 7.83. The number of alkyl halides is 2. The third kappa shape index (κ3) is 4.50. The van der Waals surface area contributed by atoms with Crippen molar-refractivity contribution in [1.29, 1.82) is 0 Å². The Kier molecular flexibility index (Phi) is 6.01. The Balaban J connectivity index is 1.75. The number of anilines is 1. The number of carbonyl (C=O) groups excluding carboxylic acids is 1. The highest BCUT2D eigenvalue weighted by Crippen LogP contribution is 2.35. The molecule has 3 aromatic rings. The maximum Gasteiger partial charge on any atom is 0.259 e. The fourth-order valence-corrected chi connectivity index (χ4v) is 3.87. The molecule has 172 valence electrons. The number of piperidine rings is 1. The molecule has 0 unspecified atom stereocenters. The molecule has 0 radical (unpaired) electrons. The summed E-state index contributed by atoms with van der Waals surface area (Å²) in [6, 6.07) is 5.34. The van der Waals surface area contributed by atoms with Crippen LogP contribution in [0.1, 0.15) is 35.8 Å². The molecule has 4 rings (SSSR count). The number of nitrogen functional groups attached to an aromatic ring is 1. The van der Waals surface area contributed by atoms with Crippen LogP contribution in [0.15, 0.2) is 36.8 Å². The SMILES string of the molecule is CCc1ncnc(-c2cc(F)c(C(=O)N3CCC(F)(F)CC3)c(F)c2)c1-c1ccc(N)nc1. The molecule has 1 aliphatic heterocycles. The van der Waals surface area contributed by atoms with E-state index in [0.717, 1.165) is 17.0 Å². The Morgan fingerprint density at radius 2 is 1.73 bits per heavy atom. The molecule has 10 heteroatoms. The first-order chi connectivity index (χ1) is 15.7. The van der Waals surface area contributed by atoms with Crippen molar-refractivity contribution in [2.24, 2.45) is 0 Å². The third-order valence-electron chi connectivity index (χ3n) is 5.65. The van der Waals surface area contributed by atoms with Gasteiger partial charge in [0, 0.05) is 48.8 Å². The standard InChI is InChI=1S/C23H21F4N5O/c1-2-17-19(13-3-4-18(28)29-11-13)21(31-12-30-17)14-9-15(24)20(16(25)10-14)22(33)32-7-5-23(26,27)6-8-32/h3-4,9-12H,2,5-8H2,1H3,(H2,28,29). The van der Waals surface area contributed by atoms with E-state index in [4.69, 9.17) is 5.73 Å². The summed E-state index contributed by atoms with van der Waals surface area (Å²) >= 11 is 0. The van der Waals surface area contributed by atoms with E-state index in [1.54, 1.807) is 12.1 Å². The monoisotopic (exact) mass is 459 g/mol. The average molecular weight is 459 g/mol. The van der Waals surface area contributed by atoms with Crippen LogP contribution in [0.25, 0.3) is 22.4 Å². The molecular formula is C23H21F4N5O. The van der Waals surface area contributed by atoms with Crippen molar-refractivity contribution >= 4 is 11.7 Å². The highest BCUT2D eigenvalue weighted by atomic mass is 19.3. The minimum atomic E-state index is -2.88. The summed E-state index contributed by atoms with van der Waals surface area (Å²) in [5.41, 5.74) is 7.07. The second kappa shape index (κ2) is 8.76. The molecule has 1 saturated heterocycles. The molecule has 3 heterocycles. The molecule has 1 aliphatic rings. The van der Waals surface area contributed by atoms with Crippen molar-refractivity contribution in [2.45, 2.75) is 32.1 Å². The molecule has 1 amide bonds. The third-order valence-corrected chi connectivity index (χ3v) is 5.65. The zero-order valence-electron chi connectivity index (χ0n) is 17.8. The lowest BCUT2D eigenvalue weighted by Gasteiger charge is -2.31. The molecule has 2 N–H and O–H groups in total. The molecule has 0 aliphatic carbocycles. The minimum absolute atomic E-state index is 0.107. The fourth-order valence-electron chi connectivity index (χ4n) is 3.87. The maximum absolute atomic E-state index is 15.0. The Hall–Kier alpha value is -3.56. The van der Waals surface area contributed by atoms with E-state index in [9.17, 15) is 13.6 Å². The van der Waals surface area contributed by atoms with Gasteiger partial charge in [-0.3, -0.25) is 4.79 Å². The molecular weight excluding hydrogens is 438 g/mol. The minimum Gasteiger partial charge on any atom is -0.384 e. The van der Waals surface area contributed by atoms with E-state index in [0.29, 0.717) is 29.1 Å². The van der Waals surface area contributed by atoms with Crippen LogP contribution in [-0.4, -0.2) is 44.8 Å². The van der Waals surface area contributed by atoms with Crippen molar-refractivity contribution in [3.05, 3.63) is 59.7 Å². The number of nitrogens with two attached hydrogens (primary N) is 1. The van der Waals surface area contributed by atoms with Crippen molar-refractivity contribution < 1.29 is 22.4 Å². The largest absolute Gasteiger partial charge is 0.384 e. The number of aromatic nitrogens is 3. The number of rotatable bonds is 4. The molecule has 2 aromatic heterocycles. The molecule has 0 saturated carbocycles. The highest BCUT2D eigenvalue weighted by Gasteiger charge is 2.37. The van der Waals surface area contributed by atoms with Gasteiger partial charge >= 0.3 is 0 Å². The summed E-state index contributed by atoms with van der Waals surface area (Å²) in [6.07, 6.45) is 2.26. The Morgan fingerprint density at radius 3 is 2.30 bits per heavy atom. The predicted molar refractivity (Wildman–Crippen MR) is 114 cm³/mol. The van der Waals surface area contributed by atoms with E-state index >= 15 is 8.78 Å². The fraction of sp³-hybridized carbons (Fsp3) is 0.304. The number of benzene rings is 1. The van der Waals surface area contributed by atoms with E-state index in [1.807, 2.05) is 6.92 Å². The van der Waals surface area contributed by atoms with Crippen LogP contribution < -0.4 is 5.73 Å². The van der Waals surface area contributed by atoms with Crippen molar-refractivity contribution in [1.82, 2.24) is 19.9 Å². The molecule has 1 fully saturated rings. The van der Waals surface area contributed by atoms with E-state index < -0.39 is 41.9 Å². The van der Waals surface area contributed by atoms with Crippen LogP contribution in [0.5, 0.6) is 0 Å². The number of halogens is 4. The van der Waals surface area contributed by atoms with Gasteiger partial charge in [-0.05, 0) is 30.7 Å². The number of hydrogen-bond acceptors (Lipinski definition) is 5. The van der Waals surface area contributed by atoms with Gasteiger partial charge in [0.25, 0.3) is 11.8 Å². The normalized spacial score (nSPS) is 15.5. The van der Waals surface area contributed by atoms with Crippen LogP contribution in [-0.2, 0) is 6.42 Å². The van der Waals surface area contributed by atoms with Gasteiger partial charge in [-0.25, -0.2) is 32.5 Å². The van der Waals surface area contributed by atoms with Crippen LogP contribution in [0.4, 0.5) is 23.4 Å². The lowest BCUT2D eigenvalue weighted by molar-refractivity contribution is -0.0495. The first-order valence-electron chi connectivity index (χ1n) is 10.4. The second-order valence-electron chi connectivity index (χ2n) is 7.83. The van der Waals surface area contributed by atoms with Gasteiger partial charge in [-0.15, -0.1) is 0 Å². The van der Waals surface area contributed by atoms with E-state index in [2.05, 4.69) is 15.0 Å². The van der Waals surface area contributed by atoms with Gasteiger partial charge in [0.05, 0.1) is 11.4 Å². The van der Waals surface area contributed by atoms with E-state index in [1.165, 1.54) is 12.5 Å². The number of nitrogens with zero attached hydrogens (tertiary/aromatic N) is 4. The van der Waals surface area contributed by atoms with Gasteiger partial charge < -0.3 is 10.6 Å². The molecule has 1 aromatic carbocycles. The summed E-state index contributed by atoms with van der Waals surface area (Å²) < 4.78 is 56.8. The summed E-state index contributed by atoms with van der Waals surface area (Å²) in [6.45, 7) is 1.34. The van der Waals surface area contributed by atoms with Gasteiger partial charge in [-0.2, -0.15) is 0 Å². The molecule has 6 nitrogen and oxygen atoms in total. The smallest absolute Gasteiger partial charge is 0.259 e. The Morgan fingerprint density at radius 1 is 1.06 bits per heavy atom. The summed E-state index contributed by atoms with van der Waals surface area (Å²) in [5, 5.41) is 0. The highest BCUT2D eigenvalue weighted by molar-refractivity contribution is 5.95. The number of likely N-dealkylation sites (tertiary alicyclic amines) is 1. The quantitative estimate of drug-likeness (QED) is 0.581. The molecule has 0 bridgehead atoms.